The summed E-state index contributed by atoms with van der Waals surface area (Å²) in [4.78, 5) is 0. The maximum absolute atomic E-state index is 5.66. The summed E-state index contributed by atoms with van der Waals surface area (Å²) in [5.41, 5.74) is 0.157. The second-order valence-corrected chi connectivity index (χ2v) is 4.32. The summed E-state index contributed by atoms with van der Waals surface area (Å²) in [6.07, 6.45) is 0.319. The van der Waals surface area contributed by atoms with Gasteiger partial charge in [-0.05, 0) is 27.7 Å². The molecule has 2 unspecified atom stereocenters. The highest BCUT2D eigenvalue weighted by Gasteiger charge is 2.56. The van der Waals surface area contributed by atoms with Crippen molar-refractivity contribution in [3.8, 4) is 0 Å². The first kappa shape index (κ1) is 10.0. The third-order valence-electron chi connectivity index (χ3n) is 3.35. The van der Waals surface area contributed by atoms with Gasteiger partial charge in [-0.1, -0.05) is 6.92 Å². The molecule has 0 aliphatic carbocycles. The molecule has 1 aliphatic heterocycles. The molecule has 2 heteroatoms. The Labute approximate surface area is 75.2 Å². The van der Waals surface area contributed by atoms with E-state index in [1.165, 1.54) is 0 Å². The van der Waals surface area contributed by atoms with E-state index in [0.717, 1.165) is 13.2 Å². The average molecular weight is 172 g/mol. The fourth-order valence-electron chi connectivity index (χ4n) is 1.74. The van der Waals surface area contributed by atoms with Gasteiger partial charge in [-0.3, -0.25) is 0 Å². The Morgan fingerprint density at radius 3 is 2.25 bits per heavy atom. The minimum Gasteiger partial charge on any atom is -0.381 e. The van der Waals surface area contributed by atoms with Crippen molar-refractivity contribution in [1.82, 2.24) is 0 Å². The van der Waals surface area contributed by atoms with Gasteiger partial charge < -0.3 is 9.47 Å². The lowest BCUT2D eigenvalue weighted by Gasteiger charge is -2.58. The Morgan fingerprint density at radius 1 is 1.33 bits per heavy atom. The van der Waals surface area contributed by atoms with Crippen LogP contribution in [0.3, 0.4) is 0 Å². The zero-order chi connectivity index (χ0) is 9.41. The van der Waals surface area contributed by atoms with Crippen molar-refractivity contribution in [3.05, 3.63) is 0 Å². The van der Waals surface area contributed by atoms with Gasteiger partial charge in [0, 0.05) is 12.0 Å². The summed E-state index contributed by atoms with van der Waals surface area (Å²) in [5.74, 6) is 0. The van der Waals surface area contributed by atoms with E-state index in [1.807, 2.05) is 6.92 Å². The van der Waals surface area contributed by atoms with Gasteiger partial charge in [0.25, 0.3) is 0 Å². The molecule has 0 amide bonds. The monoisotopic (exact) mass is 172 g/mol. The Hall–Kier alpha value is -0.0800. The lowest BCUT2D eigenvalue weighted by molar-refractivity contribution is -0.304. The first-order chi connectivity index (χ1) is 5.44. The van der Waals surface area contributed by atoms with Crippen LogP contribution in [0.5, 0.6) is 0 Å². The molecule has 2 atom stereocenters. The van der Waals surface area contributed by atoms with Crippen LogP contribution in [0.2, 0.25) is 0 Å². The second kappa shape index (κ2) is 3.00. The van der Waals surface area contributed by atoms with Gasteiger partial charge in [0.15, 0.2) is 0 Å². The minimum atomic E-state index is -0.0262. The highest BCUT2D eigenvalue weighted by molar-refractivity contribution is 5.04. The van der Waals surface area contributed by atoms with Gasteiger partial charge in [0.05, 0.1) is 18.3 Å². The number of rotatable bonds is 3. The maximum Gasteiger partial charge on any atom is 0.0730 e. The minimum absolute atomic E-state index is 0.0262. The molecule has 12 heavy (non-hydrogen) atoms. The normalized spacial score (nSPS) is 39.2. The van der Waals surface area contributed by atoms with Crippen molar-refractivity contribution in [2.24, 2.45) is 5.41 Å². The molecule has 0 radical (unpaired) electrons. The molecule has 1 saturated heterocycles. The average Bonchev–Trinajstić information content (AvgIpc) is 1.99. The van der Waals surface area contributed by atoms with Crippen molar-refractivity contribution in [2.45, 2.75) is 46.3 Å². The first-order valence-corrected chi connectivity index (χ1v) is 4.69. The molecule has 0 N–H and O–H groups in total. The van der Waals surface area contributed by atoms with Crippen LogP contribution in [-0.4, -0.2) is 24.9 Å². The van der Waals surface area contributed by atoms with E-state index in [4.69, 9.17) is 9.47 Å². The number of ether oxygens (including phenoxy) is 2. The molecular weight excluding hydrogens is 152 g/mol. The molecule has 72 valence electrons. The van der Waals surface area contributed by atoms with E-state index < -0.39 is 0 Å². The Morgan fingerprint density at radius 2 is 1.92 bits per heavy atom. The second-order valence-electron chi connectivity index (χ2n) is 4.32. The van der Waals surface area contributed by atoms with Crippen LogP contribution in [0.1, 0.15) is 34.6 Å². The fraction of sp³-hybridized carbons (Fsp3) is 1.00. The van der Waals surface area contributed by atoms with Gasteiger partial charge in [-0.2, -0.15) is 0 Å². The zero-order valence-corrected chi connectivity index (χ0v) is 8.81. The Balaban J connectivity index is 2.55. The molecule has 1 heterocycles. The lowest BCUT2D eigenvalue weighted by Crippen LogP contribution is -2.65. The zero-order valence-electron chi connectivity index (χ0n) is 8.81. The predicted octanol–water partition coefficient (Wildman–Crippen LogP) is 2.23. The topological polar surface area (TPSA) is 18.5 Å². The van der Waals surface area contributed by atoms with E-state index in [-0.39, 0.29) is 11.0 Å². The molecule has 2 nitrogen and oxygen atoms in total. The Kier molecular flexibility index (Phi) is 2.50. The van der Waals surface area contributed by atoms with E-state index >= 15 is 0 Å². The third-order valence-corrected chi connectivity index (χ3v) is 3.35. The SMILES string of the molecule is CCOCC1(C)C(C)OC1(C)C. The highest BCUT2D eigenvalue weighted by Crippen LogP contribution is 2.49. The highest BCUT2D eigenvalue weighted by atomic mass is 16.6. The summed E-state index contributed by atoms with van der Waals surface area (Å²) in [6, 6.07) is 0. The summed E-state index contributed by atoms with van der Waals surface area (Å²) >= 11 is 0. The number of hydrogen-bond acceptors (Lipinski definition) is 2. The lowest BCUT2D eigenvalue weighted by atomic mass is 9.66. The van der Waals surface area contributed by atoms with Gasteiger partial charge in [-0.25, -0.2) is 0 Å². The molecule has 0 aromatic heterocycles. The summed E-state index contributed by atoms with van der Waals surface area (Å²) < 4.78 is 11.1. The van der Waals surface area contributed by atoms with Crippen molar-refractivity contribution < 1.29 is 9.47 Å². The van der Waals surface area contributed by atoms with Gasteiger partial charge in [0.2, 0.25) is 0 Å². The van der Waals surface area contributed by atoms with E-state index in [9.17, 15) is 0 Å². The van der Waals surface area contributed by atoms with Crippen LogP contribution >= 0.6 is 0 Å². The van der Waals surface area contributed by atoms with Crippen molar-refractivity contribution in [2.75, 3.05) is 13.2 Å². The van der Waals surface area contributed by atoms with Crippen molar-refractivity contribution >= 4 is 0 Å². The largest absolute Gasteiger partial charge is 0.381 e. The predicted molar refractivity (Wildman–Crippen MR) is 49.2 cm³/mol. The Bertz CT molecular complexity index is 165. The van der Waals surface area contributed by atoms with Gasteiger partial charge in [-0.15, -0.1) is 0 Å². The van der Waals surface area contributed by atoms with E-state index in [0.29, 0.717) is 6.10 Å². The van der Waals surface area contributed by atoms with E-state index in [2.05, 4.69) is 27.7 Å². The maximum atomic E-state index is 5.66. The molecule has 1 rings (SSSR count). The van der Waals surface area contributed by atoms with Gasteiger partial charge in [0.1, 0.15) is 0 Å². The summed E-state index contributed by atoms with van der Waals surface area (Å²) in [6.45, 7) is 12.2. The smallest absolute Gasteiger partial charge is 0.0730 e. The quantitative estimate of drug-likeness (QED) is 0.650. The fourth-order valence-corrected chi connectivity index (χ4v) is 1.74. The summed E-state index contributed by atoms with van der Waals surface area (Å²) in [7, 11) is 0. The molecule has 0 saturated carbocycles. The van der Waals surface area contributed by atoms with Crippen LogP contribution in [0, 0.1) is 5.41 Å². The van der Waals surface area contributed by atoms with Crippen molar-refractivity contribution in [1.29, 1.82) is 0 Å². The molecule has 0 spiro atoms. The molecular formula is C10H20O2. The first-order valence-electron chi connectivity index (χ1n) is 4.69. The van der Waals surface area contributed by atoms with Crippen molar-refractivity contribution in [3.63, 3.8) is 0 Å². The standard InChI is InChI=1S/C10H20O2/c1-6-11-7-10(5)8(2)12-9(10,3)4/h8H,6-7H2,1-5H3. The molecule has 1 fully saturated rings. The summed E-state index contributed by atoms with van der Waals surface area (Å²) in [5, 5.41) is 0. The van der Waals surface area contributed by atoms with Crippen LogP contribution in [0.15, 0.2) is 0 Å². The molecule has 0 aromatic rings. The molecule has 1 aliphatic rings. The van der Waals surface area contributed by atoms with E-state index in [1.54, 1.807) is 0 Å². The molecule has 0 bridgehead atoms. The van der Waals surface area contributed by atoms with Crippen LogP contribution < -0.4 is 0 Å². The third kappa shape index (κ3) is 1.27. The molecule has 0 aromatic carbocycles. The van der Waals surface area contributed by atoms with Crippen LogP contribution in [-0.2, 0) is 9.47 Å². The number of hydrogen-bond donors (Lipinski definition) is 0. The van der Waals surface area contributed by atoms with Crippen LogP contribution in [0.25, 0.3) is 0 Å². The van der Waals surface area contributed by atoms with Crippen LogP contribution in [0.4, 0.5) is 0 Å². The van der Waals surface area contributed by atoms with Gasteiger partial charge >= 0.3 is 0 Å².